The minimum absolute atomic E-state index is 0.766. The highest BCUT2D eigenvalue weighted by Crippen LogP contribution is 2.32. The molecule has 31 heavy (non-hydrogen) atoms. The van der Waals surface area contributed by atoms with E-state index in [0.29, 0.717) is 0 Å². The zero-order valence-corrected chi connectivity index (χ0v) is 18.6. The van der Waals surface area contributed by atoms with Crippen LogP contribution in [0.25, 0.3) is 11.1 Å². The first-order valence-corrected chi connectivity index (χ1v) is 11.6. The van der Waals surface area contributed by atoms with E-state index in [1.807, 2.05) is 0 Å². The van der Waals surface area contributed by atoms with Crippen LogP contribution < -0.4 is 4.74 Å². The predicted octanol–water partition coefficient (Wildman–Crippen LogP) is 6.72. The Labute approximate surface area is 187 Å². The lowest BCUT2D eigenvalue weighted by Gasteiger charge is -2.17. The smallest absolute Gasteiger partial charge is 0.119 e. The molecule has 0 amide bonds. The Hall–Kier alpha value is -2.84. The van der Waals surface area contributed by atoms with Gasteiger partial charge in [0.2, 0.25) is 0 Å². The molecule has 1 saturated heterocycles. The molecule has 0 atom stereocenters. The molecule has 1 heterocycles. The molecule has 2 heteroatoms. The van der Waals surface area contributed by atoms with Crippen LogP contribution in [0.5, 0.6) is 5.75 Å². The van der Waals surface area contributed by atoms with E-state index in [0.717, 1.165) is 31.7 Å². The first-order valence-electron chi connectivity index (χ1n) is 11.6. The van der Waals surface area contributed by atoms with Crippen molar-refractivity contribution in [2.24, 2.45) is 0 Å². The fourth-order valence-electron chi connectivity index (χ4n) is 4.46. The number of ether oxygens (including phenoxy) is 1. The minimum atomic E-state index is 0.766. The van der Waals surface area contributed by atoms with Gasteiger partial charge < -0.3 is 4.74 Å². The highest BCUT2D eigenvalue weighted by atomic mass is 16.5. The van der Waals surface area contributed by atoms with Crippen LogP contribution in [0, 0.1) is 0 Å². The molecular weight excluding hydrogens is 378 g/mol. The van der Waals surface area contributed by atoms with Crippen molar-refractivity contribution in [1.82, 2.24) is 4.90 Å². The molecule has 1 fully saturated rings. The van der Waals surface area contributed by atoms with E-state index in [2.05, 4.69) is 96.8 Å². The summed E-state index contributed by atoms with van der Waals surface area (Å²) in [6, 6.07) is 30.3. The summed E-state index contributed by atoms with van der Waals surface area (Å²) >= 11 is 0. The quantitative estimate of drug-likeness (QED) is 0.362. The number of hydrogen-bond acceptors (Lipinski definition) is 2. The van der Waals surface area contributed by atoms with Gasteiger partial charge in [-0.05, 0) is 78.7 Å². The van der Waals surface area contributed by atoms with E-state index in [1.54, 1.807) is 0 Å². The van der Waals surface area contributed by atoms with Gasteiger partial charge in [-0.25, -0.2) is 0 Å². The topological polar surface area (TPSA) is 12.5 Å². The van der Waals surface area contributed by atoms with Crippen molar-refractivity contribution in [2.45, 2.75) is 32.6 Å². The third-order valence-corrected chi connectivity index (χ3v) is 6.14. The van der Waals surface area contributed by atoms with Crippen LogP contribution in [0.1, 0.15) is 42.9 Å². The van der Waals surface area contributed by atoms with Crippen LogP contribution in [-0.2, 0) is 6.42 Å². The van der Waals surface area contributed by atoms with Crippen LogP contribution in [0.3, 0.4) is 0 Å². The van der Waals surface area contributed by atoms with Crippen LogP contribution in [0.2, 0.25) is 0 Å². The van der Waals surface area contributed by atoms with Crippen molar-refractivity contribution < 1.29 is 4.74 Å². The molecule has 2 nitrogen and oxygen atoms in total. The first kappa shape index (κ1) is 21.4. The number of rotatable bonds is 9. The van der Waals surface area contributed by atoms with Crippen molar-refractivity contribution in [3.05, 3.63) is 102 Å². The van der Waals surface area contributed by atoms with Gasteiger partial charge in [0.25, 0.3) is 0 Å². The SMILES string of the molecule is CC/C(=C(/Cc1ccc(OCCN2CCCC2)cc1)c1ccccc1)c1ccccc1. The molecular formula is C29H33NO. The second kappa shape index (κ2) is 11.0. The molecule has 1 aliphatic rings. The third kappa shape index (κ3) is 5.86. The molecule has 160 valence electrons. The van der Waals surface area contributed by atoms with Crippen LogP contribution in [-0.4, -0.2) is 31.1 Å². The van der Waals surface area contributed by atoms with E-state index < -0.39 is 0 Å². The second-order valence-corrected chi connectivity index (χ2v) is 8.26. The summed E-state index contributed by atoms with van der Waals surface area (Å²) in [5.41, 5.74) is 6.74. The van der Waals surface area contributed by atoms with E-state index >= 15 is 0 Å². The molecule has 4 rings (SSSR count). The predicted molar refractivity (Wildman–Crippen MR) is 131 cm³/mol. The van der Waals surface area contributed by atoms with Gasteiger partial charge in [-0.1, -0.05) is 79.7 Å². The maximum atomic E-state index is 6.00. The van der Waals surface area contributed by atoms with E-state index in [1.165, 1.54) is 53.8 Å². The fraction of sp³-hybridized carbons (Fsp3) is 0.310. The number of benzene rings is 3. The molecule has 0 spiro atoms. The molecule has 3 aromatic carbocycles. The lowest BCUT2D eigenvalue weighted by atomic mass is 9.89. The van der Waals surface area contributed by atoms with Gasteiger partial charge in [0.05, 0.1) is 0 Å². The Balaban J connectivity index is 1.51. The highest BCUT2D eigenvalue weighted by molar-refractivity contribution is 5.91. The molecule has 3 aromatic rings. The zero-order chi connectivity index (χ0) is 21.3. The third-order valence-electron chi connectivity index (χ3n) is 6.14. The second-order valence-electron chi connectivity index (χ2n) is 8.26. The van der Waals surface area contributed by atoms with Gasteiger partial charge in [-0.2, -0.15) is 0 Å². The average Bonchev–Trinajstić information content (AvgIpc) is 3.35. The molecule has 0 bridgehead atoms. The van der Waals surface area contributed by atoms with Crippen molar-refractivity contribution in [2.75, 3.05) is 26.2 Å². The minimum Gasteiger partial charge on any atom is -0.492 e. The number of allylic oxidation sites excluding steroid dienone is 2. The van der Waals surface area contributed by atoms with Gasteiger partial charge in [-0.15, -0.1) is 0 Å². The average molecular weight is 412 g/mol. The summed E-state index contributed by atoms with van der Waals surface area (Å²) in [4.78, 5) is 2.49. The molecule has 0 aliphatic carbocycles. The standard InChI is InChI=1S/C29H33NO/c1-2-28(25-11-5-3-6-12-25)29(26-13-7-4-8-14-26)23-24-15-17-27(18-16-24)31-22-21-30-19-9-10-20-30/h3-8,11-18H,2,9-10,19-23H2,1H3/b29-28+. The maximum Gasteiger partial charge on any atom is 0.119 e. The fourth-order valence-corrected chi connectivity index (χ4v) is 4.46. The molecule has 0 unspecified atom stereocenters. The van der Waals surface area contributed by atoms with E-state index in [-0.39, 0.29) is 0 Å². The molecule has 0 saturated carbocycles. The summed E-state index contributed by atoms with van der Waals surface area (Å²) in [6.07, 6.45) is 4.57. The lowest BCUT2D eigenvalue weighted by Crippen LogP contribution is -2.25. The van der Waals surface area contributed by atoms with Gasteiger partial charge >= 0.3 is 0 Å². The lowest BCUT2D eigenvalue weighted by molar-refractivity contribution is 0.238. The van der Waals surface area contributed by atoms with Gasteiger partial charge in [0.15, 0.2) is 0 Å². The van der Waals surface area contributed by atoms with Crippen LogP contribution in [0.4, 0.5) is 0 Å². The van der Waals surface area contributed by atoms with Gasteiger partial charge in [-0.3, -0.25) is 4.90 Å². The number of likely N-dealkylation sites (tertiary alicyclic amines) is 1. The van der Waals surface area contributed by atoms with Gasteiger partial charge in [0.1, 0.15) is 12.4 Å². The Morgan fingerprint density at radius 2 is 1.32 bits per heavy atom. The summed E-state index contributed by atoms with van der Waals surface area (Å²) in [5.74, 6) is 0.965. The largest absolute Gasteiger partial charge is 0.492 e. The van der Waals surface area contributed by atoms with Crippen molar-refractivity contribution in [1.29, 1.82) is 0 Å². The van der Waals surface area contributed by atoms with Crippen molar-refractivity contribution in [3.8, 4) is 5.75 Å². The maximum absolute atomic E-state index is 6.00. The van der Waals surface area contributed by atoms with Crippen molar-refractivity contribution in [3.63, 3.8) is 0 Å². The molecule has 1 aliphatic heterocycles. The summed E-state index contributed by atoms with van der Waals surface area (Å²) in [7, 11) is 0. The molecule has 0 radical (unpaired) electrons. The molecule has 0 aromatic heterocycles. The van der Waals surface area contributed by atoms with Crippen LogP contribution in [0.15, 0.2) is 84.9 Å². The summed E-state index contributed by atoms with van der Waals surface area (Å²) in [5, 5.41) is 0. The Kier molecular flexibility index (Phi) is 7.57. The normalized spacial score (nSPS) is 15.0. The highest BCUT2D eigenvalue weighted by Gasteiger charge is 2.12. The zero-order valence-electron chi connectivity index (χ0n) is 18.6. The summed E-state index contributed by atoms with van der Waals surface area (Å²) < 4.78 is 6.00. The number of hydrogen-bond donors (Lipinski definition) is 0. The molecule has 0 N–H and O–H groups in total. The summed E-state index contributed by atoms with van der Waals surface area (Å²) in [6.45, 7) is 6.49. The Bertz CT molecular complexity index is 955. The Morgan fingerprint density at radius 1 is 0.742 bits per heavy atom. The number of nitrogens with zero attached hydrogens (tertiary/aromatic N) is 1. The Morgan fingerprint density at radius 3 is 1.90 bits per heavy atom. The van der Waals surface area contributed by atoms with Gasteiger partial charge in [0, 0.05) is 6.54 Å². The first-order chi connectivity index (χ1) is 15.3. The van der Waals surface area contributed by atoms with Crippen LogP contribution >= 0.6 is 0 Å². The monoisotopic (exact) mass is 411 g/mol. The van der Waals surface area contributed by atoms with E-state index in [9.17, 15) is 0 Å². The van der Waals surface area contributed by atoms with E-state index in [4.69, 9.17) is 4.74 Å². The van der Waals surface area contributed by atoms with Crippen molar-refractivity contribution >= 4 is 11.1 Å².